The van der Waals surface area contributed by atoms with Crippen LogP contribution in [0.5, 0.6) is 0 Å². The van der Waals surface area contributed by atoms with E-state index in [1.807, 2.05) is 60.7 Å². The predicted molar refractivity (Wildman–Crippen MR) is 113 cm³/mol. The molecule has 4 nitrogen and oxygen atoms in total. The van der Waals surface area contributed by atoms with Crippen LogP contribution in [0.25, 0.3) is 10.8 Å². The molecule has 2 amide bonds. The Bertz CT molecular complexity index is 1020. The average molecular weight is 391 g/mol. The van der Waals surface area contributed by atoms with Crippen LogP contribution >= 0.6 is 11.8 Å². The quantitative estimate of drug-likeness (QED) is 0.464. The second-order valence-electron chi connectivity index (χ2n) is 6.47. The van der Waals surface area contributed by atoms with Crippen LogP contribution in [-0.2, 0) is 16.1 Å². The Balaban J connectivity index is 1.87. The van der Waals surface area contributed by atoms with Crippen LogP contribution < -0.4 is 0 Å². The van der Waals surface area contributed by atoms with E-state index in [1.54, 1.807) is 18.4 Å². The zero-order valence-electron chi connectivity index (χ0n) is 15.8. The van der Waals surface area contributed by atoms with Gasteiger partial charge in [-0.3, -0.25) is 19.3 Å². The summed E-state index contributed by atoms with van der Waals surface area (Å²) in [5, 5.41) is 1.00. The summed E-state index contributed by atoms with van der Waals surface area (Å²) < 4.78 is 0. The molecule has 0 radical (unpaired) electrons. The van der Waals surface area contributed by atoms with E-state index in [2.05, 4.69) is 0 Å². The summed E-state index contributed by atoms with van der Waals surface area (Å²) in [6, 6.07) is 22.4. The Labute approximate surface area is 168 Å². The summed E-state index contributed by atoms with van der Waals surface area (Å²) in [6.45, 7) is 1.50. The van der Waals surface area contributed by atoms with Gasteiger partial charge in [0.15, 0.2) is 5.78 Å². The minimum absolute atomic E-state index is 0.150. The van der Waals surface area contributed by atoms with Crippen molar-refractivity contribution in [2.75, 3.05) is 6.26 Å². The fourth-order valence-electron chi connectivity index (χ4n) is 3.07. The molecule has 0 fully saturated rings. The van der Waals surface area contributed by atoms with Gasteiger partial charge < -0.3 is 0 Å². The van der Waals surface area contributed by atoms with E-state index in [9.17, 15) is 14.4 Å². The molecule has 0 aliphatic carbocycles. The number of carbonyl (C=O) groups excluding carboxylic acids is 3. The summed E-state index contributed by atoms with van der Waals surface area (Å²) in [5.41, 5.74) is 1.30. The number of Topliss-reactive ketones (excluding diaryl/α,β-unsaturated/α-hetero) is 1. The van der Waals surface area contributed by atoms with E-state index in [0.29, 0.717) is 5.56 Å². The number of fused-ring (bicyclic) bond motifs is 1. The molecule has 0 aliphatic rings. The van der Waals surface area contributed by atoms with Crippen LogP contribution in [0.4, 0.5) is 0 Å². The topological polar surface area (TPSA) is 54.5 Å². The van der Waals surface area contributed by atoms with E-state index in [0.717, 1.165) is 33.0 Å². The highest BCUT2D eigenvalue weighted by Gasteiger charge is 2.32. The van der Waals surface area contributed by atoms with Gasteiger partial charge in [-0.05, 0) is 28.7 Å². The Hall–Kier alpha value is -2.92. The Kier molecular flexibility index (Phi) is 6.26. The van der Waals surface area contributed by atoms with Gasteiger partial charge in [-0.2, -0.15) is 0 Å². The zero-order chi connectivity index (χ0) is 20.1. The lowest BCUT2D eigenvalue weighted by Gasteiger charge is -2.23. The molecule has 3 aromatic carbocycles. The van der Waals surface area contributed by atoms with Crippen molar-refractivity contribution < 1.29 is 14.4 Å². The maximum absolute atomic E-state index is 13.1. The molecule has 28 heavy (non-hydrogen) atoms. The van der Waals surface area contributed by atoms with Gasteiger partial charge in [-0.15, -0.1) is 11.8 Å². The number of carbonyl (C=O) groups is 3. The molecular weight excluding hydrogens is 370 g/mol. The van der Waals surface area contributed by atoms with Crippen LogP contribution in [0.3, 0.4) is 0 Å². The van der Waals surface area contributed by atoms with E-state index in [-0.39, 0.29) is 18.2 Å². The van der Waals surface area contributed by atoms with Gasteiger partial charge in [0.05, 0.1) is 6.54 Å². The smallest absolute Gasteiger partial charge is 0.250 e. The molecule has 0 aromatic heterocycles. The van der Waals surface area contributed by atoms with E-state index in [1.165, 1.54) is 6.92 Å². The molecule has 0 heterocycles. The van der Waals surface area contributed by atoms with Crippen molar-refractivity contribution in [1.82, 2.24) is 4.90 Å². The Morgan fingerprint density at radius 3 is 2.18 bits per heavy atom. The van der Waals surface area contributed by atoms with Crippen molar-refractivity contribution >= 4 is 40.1 Å². The summed E-state index contributed by atoms with van der Waals surface area (Å²) in [5.74, 6) is -1.15. The number of nitrogens with zero attached hydrogens (tertiary/aromatic N) is 1. The molecule has 1 atom stereocenters. The number of amides is 2. The predicted octanol–water partition coefficient (Wildman–Crippen LogP) is 4.33. The summed E-state index contributed by atoms with van der Waals surface area (Å²) in [4.78, 5) is 39.4. The maximum atomic E-state index is 13.1. The second-order valence-corrected chi connectivity index (χ2v) is 7.41. The van der Waals surface area contributed by atoms with E-state index in [4.69, 9.17) is 0 Å². The van der Waals surface area contributed by atoms with Gasteiger partial charge in [0.2, 0.25) is 5.91 Å². The van der Waals surface area contributed by atoms with Gasteiger partial charge in [-0.25, -0.2) is 0 Å². The average Bonchev–Trinajstić information content (AvgIpc) is 2.72. The molecule has 0 bridgehead atoms. The van der Waals surface area contributed by atoms with Gasteiger partial charge in [0.1, 0.15) is 5.25 Å². The number of imide groups is 1. The monoisotopic (exact) mass is 391 g/mol. The van der Waals surface area contributed by atoms with E-state index < -0.39 is 11.2 Å². The van der Waals surface area contributed by atoms with Crippen molar-refractivity contribution in [3.8, 4) is 0 Å². The SMILES string of the molecule is CS[C@H](C(=O)c1ccc2ccccc2c1)C(=O)N(Cc1ccccc1)C(C)=O. The standard InChI is InChI=1S/C23H21NO3S/c1-16(25)24(15-17-8-4-3-5-9-17)23(27)22(28-2)21(26)20-13-12-18-10-6-7-11-19(18)14-20/h3-14,22H,15H2,1-2H3/t22-/m1/s1. The molecule has 142 valence electrons. The highest BCUT2D eigenvalue weighted by molar-refractivity contribution is 8.00. The van der Waals surface area contributed by atoms with Crippen LogP contribution in [0.2, 0.25) is 0 Å². The molecule has 0 aliphatic heterocycles. The highest BCUT2D eigenvalue weighted by Crippen LogP contribution is 2.22. The van der Waals surface area contributed by atoms with Gasteiger partial charge in [0, 0.05) is 12.5 Å². The van der Waals surface area contributed by atoms with Crippen molar-refractivity contribution in [2.24, 2.45) is 0 Å². The molecule has 0 saturated carbocycles. The largest absolute Gasteiger partial charge is 0.292 e. The molecular formula is C23H21NO3S. The second kappa shape index (κ2) is 8.85. The molecule has 5 heteroatoms. The lowest BCUT2D eigenvalue weighted by atomic mass is 10.0. The fraction of sp³-hybridized carbons (Fsp3) is 0.174. The first kappa shape index (κ1) is 19.8. The number of benzene rings is 3. The fourth-order valence-corrected chi connectivity index (χ4v) is 3.74. The molecule has 0 unspecified atom stereocenters. The molecule has 0 spiro atoms. The molecule has 0 N–H and O–H groups in total. The van der Waals surface area contributed by atoms with Crippen LogP contribution in [0, 0.1) is 0 Å². The summed E-state index contributed by atoms with van der Waals surface area (Å²) >= 11 is 1.15. The highest BCUT2D eigenvalue weighted by atomic mass is 32.2. The van der Waals surface area contributed by atoms with Gasteiger partial charge in [-0.1, -0.05) is 66.7 Å². The molecule has 3 aromatic rings. The first-order valence-electron chi connectivity index (χ1n) is 8.93. The number of rotatable bonds is 6. The molecule has 0 saturated heterocycles. The third kappa shape index (κ3) is 4.31. The van der Waals surface area contributed by atoms with Crippen molar-refractivity contribution in [1.29, 1.82) is 0 Å². The van der Waals surface area contributed by atoms with Crippen LogP contribution in [0.15, 0.2) is 72.8 Å². The van der Waals surface area contributed by atoms with Gasteiger partial charge >= 0.3 is 0 Å². The van der Waals surface area contributed by atoms with Crippen molar-refractivity contribution in [2.45, 2.75) is 18.7 Å². The number of ketones is 1. The lowest BCUT2D eigenvalue weighted by Crippen LogP contribution is -2.43. The first-order chi connectivity index (χ1) is 13.5. The number of hydrogen-bond acceptors (Lipinski definition) is 4. The zero-order valence-corrected chi connectivity index (χ0v) is 16.6. The lowest BCUT2D eigenvalue weighted by molar-refractivity contribution is -0.143. The Morgan fingerprint density at radius 1 is 0.893 bits per heavy atom. The normalized spacial score (nSPS) is 11.8. The van der Waals surface area contributed by atoms with E-state index >= 15 is 0 Å². The van der Waals surface area contributed by atoms with Gasteiger partial charge in [0.25, 0.3) is 5.91 Å². The third-order valence-corrected chi connectivity index (χ3v) is 5.45. The first-order valence-corrected chi connectivity index (χ1v) is 10.2. The minimum Gasteiger partial charge on any atom is -0.292 e. The van der Waals surface area contributed by atoms with Crippen molar-refractivity contribution in [3.63, 3.8) is 0 Å². The summed E-state index contributed by atoms with van der Waals surface area (Å²) in [7, 11) is 0. The van der Waals surface area contributed by atoms with Crippen molar-refractivity contribution in [3.05, 3.63) is 83.9 Å². The van der Waals surface area contributed by atoms with Crippen LogP contribution in [0.1, 0.15) is 22.8 Å². The third-order valence-electron chi connectivity index (χ3n) is 4.56. The molecule has 3 rings (SSSR count). The Morgan fingerprint density at radius 2 is 1.54 bits per heavy atom. The summed E-state index contributed by atoms with van der Waals surface area (Å²) in [6.07, 6.45) is 1.71. The minimum atomic E-state index is -0.964. The van der Waals surface area contributed by atoms with Crippen LogP contribution in [-0.4, -0.2) is 34.0 Å². The number of hydrogen-bond donors (Lipinski definition) is 0. The number of thioether (sulfide) groups is 1. The maximum Gasteiger partial charge on any atom is 0.250 e.